The summed E-state index contributed by atoms with van der Waals surface area (Å²) in [6.07, 6.45) is 1.66. The lowest BCUT2D eigenvalue weighted by Gasteiger charge is -2.15. The Morgan fingerprint density at radius 2 is 1.79 bits per heavy atom. The zero-order valence-electron chi connectivity index (χ0n) is 18.5. The van der Waals surface area contributed by atoms with E-state index in [0.717, 1.165) is 28.5 Å². The number of amides is 2. The second kappa shape index (κ2) is 10.6. The smallest absolute Gasteiger partial charge is 0.293 e. The summed E-state index contributed by atoms with van der Waals surface area (Å²) in [5.41, 5.74) is 3.32. The molecule has 3 aromatic rings. The van der Waals surface area contributed by atoms with E-state index in [1.807, 2.05) is 31.2 Å². The number of rotatable bonds is 7. The van der Waals surface area contributed by atoms with E-state index in [9.17, 15) is 9.59 Å². The van der Waals surface area contributed by atoms with Gasteiger partial charge < -0.3 is 9.47 Å². The van der Waals surface area contributed by atoms with Crippen molar-refractivity contribution in [1.82, 2.24) is 4.90 Å². The summed E-state index contributed by atoms with van der Waals surface area (Å²) in [6, 6.07) is 18.2. The summed E-state index contributed by atoms with van der Waals surface area (Å²) in [5.74, 6) is 0.604. The number of halogens is 2. The Morgan fingerprint density at radius 1 is 1.00 bits per heavy atom. The lowest BCUT2D eigenvalue weighted by Crippen LogP contribution is -2.27. The van der Waals surface area contributed by atoms with Crippen LogP contribution in [0.3, 0.4) is 0 Å². The molecule has 0 aromatic heterocycles. The van der Waals surface area contributed by atoms with Crippen molar-refractivity contribution in [3.8, 4) is 11.5 Å². The van der Waals surface area contributed by atoms with Gasteiger partial charge in [-0.25, -0.2) is 0 Å². The molecule has 5 nitrogen and oxygen atoms in total. The predicted octanol–water partition coefficient (Wildman–Crippen LogP) is 7.13. The average Bonchev–Trinajstić information content (AvgIpc) is 3.07. The van der Waals surface area contributed by atoms with Gasteiger partial charge in [-0.05, 0) is 54.1 Å². The minimum atomic E-state index is -0.340. The van der Waals surface area contributed by atoms with Gasteiger partial charge >= 0.3 is 0 Å². The van der Waals surface area contributed by atoms with E-state index in [1.165, 1.54) is 12.0 Å². The Labute approximate surface area is 212 Å². The first-order chi connectivity index (χ1) is 16.4. The highest BCUT2D eigenvalue weighted by molar-refractivity contribution is 8.18. The quantitative estimate of drug-likeness (QED) is 0.314. The molecule has 1 aliphatic heterocycles. The number of nitrogens with zero attached hydrogens (tertiary/aromatic N) is 1. The highest BCUT2D eigenvalue weighted by Gasteiger charge is 2.35. The van der Waals surface area contributed by atoms with Crippen molar-refractivity contribution in [1.29, 1.82) is 0 Å². The van der Waals surface area contributed by atoms with Gasteiger partial charge in [0.05, 0.1) is 18.6 Å². The fraction of sp³-hybridized carbons (Fsp3) is 0.154. The fourth-order valence-electron chi connectivity index (χ4n) is 3.49. The van der Waals surface area contributed by atoms with Crippen LogP contribution in [0.5, 0.6) is 11.5 Å². The number of ether oxygens (including phenoxy) is 2. The fourth-order valence-corrected chi connectivity index (χ4v) is 4.78. The Kier molecular flexibility index (Phi) is 7.51. The van der Waals surface area contributed by atoms with Gasteiger partial charge in [-0.1, -0.05) is 65.7 Å². The van der Waals surface area contributed by atoms with Crippen molar-refractivity contribution in [3.05, 3.63) is 97.9 Å². The number of aryl methyl sites for hydroxylation is 1. The SMILES string of the molecule is COc1cccc(/C=C2\SC(=O)N(Cc3ccccc3C)C2=O)c1OCc1ccc(Cl)cc1Cl. The number of thioether (sulfide) groups is 1. The van der Waals surface area contributed by atoms with Crippen LogP contribution in [0.1, 0.15) is 22.3 Å². The third-order valence-electron chi connectivity index (χ3n) is 5.37. The molecule has 8 heteroatoms. The molecule has 0 atom stereocenters. The highest BCUT2D eigenvalue weighted by atomic mass is 35.5. The lowest BCUT2D eigenvalue weighted by molar-refractivity contribution is -0.123. The van der Waals surface area contributed by atoms with E-state index in [-0.39, 0.29) is 24.3 Å². The van der Waals surface area contributed by atoms with Crippen molar-refractivity contribution in [3.63, 3.8) is 0 Å². The molecule has 4 rings (SSSR count). The summed E-state index contributed by atoms with van der Waals surface area (Å²) >= 11 is 13.2. The van der Waals surface area contributed by atoms with Gasteiger partial charge in [-0.15, -0.1) is 0 Å². The van der Waals surface area contributed by atoms with Crippen LogP contribution in [-0.2, 0) is 17.9 Å². The Hall–Kier alpha value is -2.93. The minimum Gasteiger partial charge on any atom is -0.493 e. The molecule has 0 unspecified atom stereocenters. The maximum Gasteiger partial charge on any atom is 0.293 e. The maximum atomic E-state index is 13.1. The molecule has 1 heterocycles. The summed E-state index contributed by atoms with van der Waals surface area (Å²) in [4.78, 5) is 27.3. The highest BCUT2D eigenvalue weighted by Crippen LogP contribution is 2.38. The van der Waals surface area contributed by atoms with Crippen LogP contribution in [-0.4, -0.2) is 23.2 Å². The monoisotopic (exact) mass is 513 g/mol. The zero-order valence-corrected chi connectivity index (χ0v) is 20.8. The normalized spacial score (nSPS) is 14.7. The van der Waals surface area contributed by atoms with Crippen molar-refractivity contribution < 1.29 is 19.1 Å². The molecular weight excluding hydrogens is 493 g/mol. The van der Waals surface area contributed by atoms with Crippen molar-refractivity contribution in [2.24, 2.45) is 0 Å². The molecule has 1 saturated heterocycles. The van der Waals surface area contributed by atoms with Crippen LogP contribution < -0.4 is 9.47 Å². The Bertz CT molecular complexity index is 1290. The van der Waals surface area contributed by atoms with Gasteiger partial charge in [0.1, 0.15) is 6.61 Å². The largest absolute Gasteiger partial charge is 0.493 e. The van der Waals surface area contributed by atoms with E-state index in [0.29, 0.717) is 32.0 Å². The molecule has 0 N–H and O–H groups in total. The molecule has 0 bridgehead atoms. The number of carbonyl (C=O) groups excluding carboxylic acids is 2. The van der Waals surface area contributed by atoms with Crippen LogP contribution in [0, 0.1) is 6.92 Å². The van der Waals surface area contributed by atoms with Gasteiger partial charge in [0, 0.05) is 21.2 Å². The summed E-state index contributed by atoms with van der Waals surface area (Å²) in [5, 5.41) is 0.715. The predicted molar refractivity (Wildman–Crippen MR) is 136 cm³/mol. The van der Waals surface area contributed by atoms with Gasteiger partial charge in [0.2, 0.25) is 0 Å². The molecular formula is C26H21Cl2NO4S. The summed E-state index contributed by atoms with van der Waals surface area (Å²) < 4.78 is 11.5. The van der Waals surface area contributed by atoms with E-state index >= 15 is 0 Å². The first-order valence-electron chi connectivity index (χ1n) is 10.4. The molecule has 0 spiro atoms. The number of methoxy groups -OCH3 is 1. The Balaban J connectivity index is 1.60. The van der Waals surface area contributed by atoms with Crippen molar-refractivity contribution >= 4 is 52.2 Å². The number of benzene rings is 3. The first kappa shape index (κ1) is 24.2. The van der Waals surface area contributed by atoms with Gasteiger partial charge in [0.25, 0.3) is 11.1 Å². The van der Waals surface area contributed by atoms with Crippen molar-refractivity contribution in [2.75, 3.05) is 7.11 Å². The second-order valence-corrected chi connectivity index (χ2v) is 9.43. The summed E-state index contributed by atoms with van der Waals surface area (Å²) in [6.45, 7) is 2.36. The maximum absolute atomic E-state index is 13.1. The molecule has 0 radical (unpaired) electrons. The van der Waals surface area contributed by atoms with Crippen LogP contribution >= 0.6 is 35.0 Å². The van der Waals surface area contributed by atoms with E-state index in [2.05, 4.69) is 0 Å². The molecule has 174 valence electrons. The molecule has 0 aliphatic carbocycles. The van der Waals surface area contributed by atoms with Gasteiger partial charge in [0.15, 0.2) is 11.5 Å². The first-order valence-corrected chi connectivity index (χ1v) is 12.0. The number of hydrogen-bond donors (Lipinski definition) is 0. The number of carbonyl (C=O) groups is 2. The van der Waals surface area contributed by atoms with Gasteiger partial charge in [-0.2, -0.15) is 0 Å². The molecule has 2 amide bonds. The third kappa shape index (κ3) is 5.25. The molecule has 3 aromatic carbocycles. The van der Waals surface area contributed by atoms with Gasteiger partial charge in [-0.3, -0.25) is 14.5 Å². The Morgan fingerprint density at radius 3 is 2.53 bits per heavy atom. The average molecular weight is 514 g/mol. The van der Waals surface area contributed by atoms with E-state index < -0.39 is 0 Å². The van der Waals surface area contributed by atoms with Crippen LogP contribution in [0.4, 0.5) is 4.79 Å². The van der Waals surface area contributed by atoms with Crippen LogP contribution in [0.15, 0.2) is 65.6 Å². The number of hydrogen-bond acceptors (Lipinski definition) is 5. The number of imide groups is 1. The minimum absolute atomic E-state index is 0.173. The third-order valence-corrected chi connectivity index (χ3v) is 6.86. The number of para-hydroxylation sites is 1. The van der Waals surface area contributed by atoms with E-state index in [1.54, 1.807) is 42.5 Å². The zero-order chi connectivity index (χ0) is 24.2. The summed E-state index contributed by atoms with van der Waals surface area (Å²) in [7, 11) is 1.54. The standard InChI is InChI=1S/C26H21Cl2NO4S/c1-16-6-3-4-7-18(16)14-29-25(30)23(34-26(29)31)12-17-8-5-9-22(32-2)24(17)33-15-19-10-11-20(27)13-21(19)28/h3-13H,14-15H2,1-2H3/b23-12-. The van der Waals surface area contributed by atoms with Crippen LogP contribution in [0.2, 0.25) is 10.0 Å². The molecule has 0 saturated carbocycles. The van der Waals surface area contributed by atoms with Crippen molar-refractivity contribution in [2.45, 2.75) is 20.1 Å². The van der Waals surface area contributed by atoms with E-state index in [4.69, 9.17) is 32.7 Å². The molecule has 1 fully saturated rings. The van der Waals surface area contributed by atoms with Crippen LogP contribution in [0.25, 0.3) is 6.08 Å². The lowest BCUT2D eigenvalue weighted by atomic mass is 10.1. The second-order valence-electron chi connectivity index (χ2n) is 7.60. The topological polar surface area (TPSA) is 55.8 Å². The molecule has 1 aliphatic rings. The molecule has 34 heavy (non-hydrogen) atoms.